The number of nitrogens with zero attached hydrogens (tertiary/aromatic N) is 5. The van der Waals surface area contributed by atoms with Crippen molar-refractivity contribution in [2.75, 3.05) is 4.90 Å². The molecule has 0 spiro atoms. The number of fused-ring (bicyclic) bond motifs is 1. The average molecular weight is 422 g/mol. The van der Waals surface area contributed by atoms with Crippen LogP contribution in [0.25, 0.3) is 16.7 Å². The number of pyridine rings is 2. The lowest BCUT2D eigenvalue weighted by Crippen LogP contribution is -2.19. The molecule has 0 saturated heterocycles. The van der Waals surface area contributed by atoms with Gasteiger partial charge < -0.3 is 10.0 Å². The van der Waals surface area contributed by atoms with Gasteiger partial charge in [-0.2, -0.15) is 5.10 Å². The number of aryl methyl sites for hydroxylation is 2. The summed E-state index contributed by atoms with van der Waals surface area (Å²) in [6, 6.07) is 25.2. The van der Waals surface area contributed by atoms with Crippen LogP contribution in [0.2, 0.25) is 0 Å². The summed E-state index contributed by atoms with van der Waals surface area (Å²) in [5.74, 6) is 0.912. The lowest BCUT2D eigenvalue weighted by molar-refractivity contribution is 0.475. The number of anilines is 2. The SMILES string of the molecule is Cc1cc(N(Cc2ccccn2)c2ccccc2O)nc2c1c(C)nn2-c1ccccc1. The molecule has 6 heteroatoms. The van der Waals surface area contributed by atoms with Gasteiger partial charge >= 0.3 is 0 Å². The Morgan fingerprint density at radius 3 is 2.41 bits per heavy atom. The first-order valence-electron chi connectivity index (χ1n) is 10.5. The quantitative estimate of drug-likeness (QED) is 0.407. The summed E-state index contributed by atoms with van der Waals surface area (Å²) >= 11 is 0. The van der Waals surface area contributed by atoms with E-state index >= 15 is 0 Å². The van der Waals surface area contributed by atoms with E-state index < -0.39 is 0 Å². The predicted octanol–water partition coefficient (Wildman–Crippen LogP) is 5.48. The second-order valence-electron chi connectivity index (χ2n) is 7.72. The van der Waals surface area contributed by atoms with Crippen molar-refractivity contribution >= 4 is 22.5 Å². The number of hydrogen-bond acceptors (Lipinski definition) is 5. The number of hydrogen-bond donors (Lipinski definition) is 1. The van der Waals surface area contributed by atoms with Gasteiger partial charge in [0.25, 0.3) is 0 Å². The highest BCUT2D eigenvalue weighted by molar-refractivity contribution is 5.86. The molecule has 3 aromatic heterocycles. The van der Waals surface area contributed by atoms with Gasteiger partial charge in [0.2, 0.25) is 0 Å². The molecule has 158 valence electrons. The van der Waals surface area contributed by atoms with Gasteiger partial charge in [-0.25, -0.2) is 9.67 Å². The predicted molar refractivity (Wildman–Crippen MR) is 127 cm³/mol. The summed E-state index contributed by atoms with van der Waals surface area (Å²) in [6.07, 6.45) is 1.77. The molecular formula is C26H23N5O. The van der Waals surface area contributed by atoms with Gasteiger partial charge in [-0.05, 0) is 61.9 Å². The number of phenols is 1. The van der Waals surface area contributed by atoms with Crippen molar-refractivity contribution in [3.8, 4) is 11.4 Å². The van der Waals surface area contributed by atoms with Gasteiger partial charge in [-0.1, -0.05) is 36.4 Å². The monoisotopic (exact) mass is 421 g/mol. The number of benzene rings is 2. The van der Waals surface area contributed by atoms with Crippen LogP contribution in [0.3, 0.4) is 0 Å². The Balaban J connectivity index is 1.71. The Bertz CT molecular complexity index is 1380. The third kappa shape index (κ3) is 3.56. The van der Waals surface area contributed by atoms with Gasteiger partial charge in [0, 0.05) is 11.6 Å². The molecular weight excluding hydrogens is 398 g/mol. The number of para-hydroxylation sites is 3. The fraction of sp³-hybridized carbons (Fsp3) is 0.115. The number of aromatic hydroxyl groups is 1. The van der Waals surface area contributed by atoms with Crippen molar-refractivity contribution in [3.05, 3.63) is 102 Å². The molecule has 1 N–H and O–H groups in total. The van der Waals surface area contributed by atoms with Crippen molar-refractivity contribution in [2.45, 2.75) is 20.4 Å². The van der Waals surface area contributed by atoms with Crippen LogP contribution in [0.5, 0.6) is 5.75 Å². The third-order valence-corrected chi connectivity index (χ3v) is 5.49. The van der Waals surface area contributed by atoms with Crippen molar-refractivity contribution in [3.63, 3.8) is 0 Å². The highest BCUT2D eigenvalue weighted by atomic mass is 16.3. The van der Waals surface area contributed by atoms with E-state index in [4.69, 9.17) is 10.1 Å². The fourth-order valence-corrected chi connectivity index (χ4v) is 4.01. The number of rotatable bonds is 5. The van der Waals surface area contributed by atoms with Crippen LogP contribution in [-0.4, -0.2) is 24.9 Å². The smallest absolute Gasteiger partial charge is 0.165 e. The van der Waals surface area contributed by atoms with E-state index in [1.807, 2.05) is 89.3 Å². The Morgan fingerprint density at radius 1 is 0.906 bits per heavy atom. The molecule has 0 amide bonds. The number of phenolic OH excluding ortho intramolecular Hbond substituents is 1. The lowest BCUT2D eigenvalue weighted by Gasteiger charge is -2.25. The molecule has 0 aliphatic heterocycles. The van der Waals surface area contributed by atoms with Crippen molar-refractivity contribution in [1.29, 1.82) is 0 Å². The van der Waals surface area contributed by atoms with Gasteiger partial charge in [0.1, 0.15) is 11.6 Å². The van der Waals surface area contributed by atoms with E-state index in [9.17, 15) is 5.11 Å². The van der Waals surface area contributed by atoms with Crippen LogP contribution in [0.15, 0.2) is 85.1 Å². The molecule has 2 aromatic carbocycles. The molecule has 0 atom stereocenters. The molecule has 32 heavy (non-hydrogen) atoms. The topological polar surface area (TPSA) is 67.1 Å². The maximum Gasteiger partial charge on any atom is 0.165 e. The van der Waals surface area contributed by atoms with E-state index in [1.54, 1.807) is 12.3 Å². The van der Waals surface area contributed by atoms with E-state index in [2.05, 4.69) is 11.9 Å². The maximum atomic E-state index is 10.6. The van der Waals surface area contributed by atoms with E-state index in [1.165, 1.54) is 0 Å². The highest BCUT2D eigenvalue weighted by Gasteiger charge is 2.20. The van der Waals surface area contributed by atoms with Crippen LogP contribution in [-0.2, 0) is 6.54 Å². The third-order valence-electron chi connectivity index (χ3n) is 5.49. The summed E-state index contributed by atoms with van der Waals surface area (Å²) in [6.45, 7) is 4.54. The minimum atomic E-state index is 0.190. The lowest BCUT2D eigenvalue weighted by atomic mass is 10.1. The average Bonchev–Trinajstić information content (AvgIpc) is 3.16. The normalized spacial score (nSPS) is 11.1. The second kappa shape index (κ2) is 8.15. The van der Waals surface area contributed by atoms with Crippen LogP contribution >= 0.6 is 0 Å². The number of aromatic nitrogens is 4. The highest BCUT2D eigenvalue weighted by Crippen LogP contribution is 2.35. The largest absolute Gasteiger partial charge is 0.506 e. The van der Waals surface area contributed by atoms with Crippen molar-refractivity contribution in [1.82, 2.24) is 19.7 Å². The minimum Gasteiger partial charge on any atom is -0.506 e. The van der Waals surface area contributed by atoms with Gasteiger partial charge in [0.05, 0.1) is 29.3 Å². The maximum absolute atomic E-state index is 10.6. The molecule has 6 nitrogen and oxygen atoms in total. The Morgan fingerprint density at radius 2 is 1.66 bits per heavy atom. The Labute approximate surface area is 186 Å². The van der Waals surface area contributed by atoms with Crippen LogP contribution in [0, 0.1) is 13.8 Å². The van der Waals surface area contributed by atoms with Gasteiger partial charge in [0.15, 0.2) is 5.65 Å². The van der Waals surface area contributed by atoms with Crippen molar-refractivity contribution in [2.24, 2.45) is 0 Å². The zero-order chi connectivity index (χ0) is 22.1. The van der Waals surface area contributed by atoms with Crippen LogP contribution in [0.1, 0.15) is 17.0 Å². The minimum absolute atomic E-state index is 0.190. The summed E-state index contributed by atoms with van der Waals surface area (Å²) < 4.78 is 1.88. The first-order valence-corrected chi connectivity index (χ1v) is 10.5. The first kappa shape index (κ1) is 19.8. The first-order chi connectivity index (χ1) is 15.6. The molecule has 3 heterocycles. The summed E-state index contributed by atoms with van der Waals surface area (Å²) in [4.78, 5) is 11.5. The van der Waals surface area contributed by atoms with E-state index in [0.717, 1.165) is 39.5 Å². The fourth-order valence-electron chi connectivity index (χ4n) is 4.01. The molecule has 0 aliphatic rings. The van der Waals surface area contributed by atoms with Gasteiger partial charge in [-0.15, -0.1) is 0 Å². The zero-order valence-corrected chi connectivity index (χ0v) is 18.0. The molecule has 0 fully saturated rings. The molecule has 5 rings (SSSR count). The second-order valence-corrected chi connectivity index (χ2v) is 7.72. The Hall–Kier alpha value is -4.19. The van der Waals surface area contributed by atoms with E-state index in [0.29, 0.717) is 12.2 Å². The molecule has 0 aliphatic carbocycles. The molecule has 0 radical (unpaired) electrons. The molecule has 0 unspecified atom stereocenters. The van der Waals surface area contributed by atoms with Crippen LogP contribution in [0.4, 0.5) is 11.5 Å². The summed E-state index contributed by atoms with van der Waals surface area (Å²) in [7, 11) is 0. The van der Waals surface area contributed by atoms with Gasteiger partial charge in [-0.3, -0.25) is 4.98 Å². The van der Waals surface area contributed by atoms with E-state index in [-0.39, 0.29) is 5.75 Å². The Kier molecular flexibility index (Phi) is 5.03. The van der Waals surface area contributed by atoms with Crippen molar-refractivity contribution < 1.29 is 5.11 Å². The standard InChI is InChI=1S/C26H23N5O/c1-18-16-24(28-26-25(18)19(2)29-31(26)21-11-4-3-5-12-21)30(17-20-10-8-9-15-27-20)22-13-6-7-14-23(22)32/h3-16,32H,17H2,1-2H3. The summed E-state index contributed by atoms with van der Waals surface area (Å²) in [5.41, 5.74) is 5.29. The molecule has 0 saturated carbocycles. The summed E-state index contributed by atoms with van der Waals surface area (Å²) in [5, 5.41) is 16.4. The molecule has 0 bridgehead atoms. The zero-order valence-electron chi connectivity index (χ0n) is 18.0. The van der Waals surface area contributed by atoms with Crippen LogP contribution < -0.4 is 4.90 Å². The molecule has 5 aromatic rings.